The van der Waals surface area contributed by atoms with E-state index in [1.165, 1.54) is 36.3 Å². The van der Waals surface area contributed by atoms with Crippen LogP contribution in [0.15, 0.2) is 18.2 Å². The van der Waals surface area contributed by atoms with Crippen molar-refractivity contribution in [2.75, 3.05) is 42.5 Å². The van der Waals surface area contributed by atoms with Gasteiger partial charge in [0.2, 0.25) is 11.8 Å². The number of anilines is 2. The number of carbonyl (C=O) groups excluding carboxylic acids is 2. The van der Waals surface area contributed by atoms with Gasteiger partial charge in [-0.25, -0.2) is 4.79 Å². The molecule has 0 aromatic heterocycles. The van der Waals surface area contributed by atoms with Gasteiger partial charge in [-0.15, -0.1) is 0 Å². The van der Waals surface area contributed by atoms with Gasteiger partial charge < -0.3 is 10.0 Å². The molecule has 0 unspecified atom stereocenters. The minimum atomic E-state index is -1.04. The van der Waals surface area contributed by atoms with Crippen molar-refractivity contribution in [3.63, 3.8) is 0 Å². The van der Waals surface area contributed by atoms with Crippen LogP contribution in [0.2, 0.25) is 0 Å². The maximum Gasteiger partial charge on any atom is 0.335 e. The fraction of sp³-hybridized carbons (Fsp3) is 0.591. The highest BCUT2D eigenvalue weighted by molar-refractivity contribution is 6.12. The summed E-state index contributed by atoms with van der Waals surface area (Å²) in [4.78, 5) is 42.7. The van der Waals surface area contributed by atoms with Gasteiger partial charge in [-0.3, -0.25) is 19.4 Å². The summed E-state index contributed by atoms with van der Waals surface area (Å²) < 4.78 is 0. The average molecular weight is 402 g/mol. The standard InChI is InChI=1S/C22H31N3O4/c1-3-23(4-2)14-20(26)25-15-21(27)24(13-16-8-6-5-7-9-16)18-11-10-17(22(28)29)12-19(18)25/h10-12,16H,3-9,13-15H2,1-2H3,(H,28,29). The Bertz CT molecular complexity index is 769. The second kappa shape index (κ2) is 9.39. The van der Waals surface area contributed by atoms with Gasteiger partial charge in [0.05, 0.1) is 23.5 Å². The molecule has 0 atom stereocenters. The molecule has 1 aliphatic carbocycles. The van der Waals surface area contributed by atoms with Crippen LogP contribution in [0.25, 0.3) is 0 Å². The first-order chi connectivity index (χ1) is 13.9. The molecule has 1 heterocycles. The summed E-state index contributed by atoms with van der Waals surface area (Å²) in [5, 5.41) is 9.42. The molecule has 0 spiro atoms. The van der Waals surface area contributed by atoms with E-state index >= 15 is 0 Å². The number of nitrogens with zero attached hydrogens (tertiary/aromatic N) is 3. The summed E-state index contributed by atoms with van der Waals surface area (Å²) >= 11 is 0. The number of benzene rings is 1. The second-order valence-corrected chi connectivity index (χ2v) is 7.96. The lowest BCUT2D eigenvalue weighted by Gasteiger charge is -2.39. The minimum Gasteiger partial charge on any atom is -0.478 e. The molecule has 3 rings (SSSR count). The lowest BCUT2D eigenvalue weighted by molar-refractivity contribution is -0.123. The van der Waals surface area contributed by atoms with Gasteiger partial charge in [0.25, 0.3) is 0 Å². The Kier molecular flexibility index (Phi) is 6.90. The van der Waals surface area contributed by atoms with Gasteiger partial charge in [0.1, 0.15) is 6.54 Å². The maximum absolute atomic E-state index is 13.0. The molecule has 1 N–H and O–H groups in total. The number of rotatable bonds is 7. The van der Waals surface area contributed by atoms with Crippen molar-refractivity contribution in [2.24, 2.45) is 5.92 Å². The van der Waals surface area contributed by atoms with Crippen LogP contribution in [0, 0.1) is 5.92 Å². The molecule has 7 heteroatoms. The van der Waals surface area contributed by atoms with Crippen molar-refractivity contribution < 1.29 is 19.5 Å². The number of carboxylic acid groups (broad SMARTS) is 1. The molecule has 29 heavy (non-hydrogen) atoms. The highest BCUT2D eigenvalue weighted by atomic mass is 16.4. The van der Waals surface area contributed by atoms with E-state index in [9.17, 15) is 19.5 Å². The van der Waals surface area contributed by atoms with Crippen LogP contribution >= 0.6 is 0 Å². The molecule has 1 fully saturated rings. The molecule has 158 valence electrons. The lowest BCUT2D eigenvalue weighted by atomic mass is 9.88. The van der Waals surface area contributed by atoms with E-state index in [-0.39, 0.29) is 30.5 Å². The molecule has 2 aliphatic rings. The summed E-state index contributed by atoms with van der Waals surface area (Å²) in [5.41, 5.74) is 1.29. The first-order valence-corrected chi connectivity index (χ1v) is 10.6. The Morgan fingerprint density at radius 3 is 2.41 bits per heavy atom. The summed E-state index contributed by atoms with van der Waals surface area (Å²) in [5.74, 6) is -0.862. The maximum atomic E-state index is 13.0. The highest BCUT2D eigenvalue weighted by Crippen LogP contribution is 2.36. The summed E-state index contributed by atoms with van der Waals surface area (Å²) in [7, 11) is 0. The van der Waals surface area contributed by atoms with Crippen LogP contribution in [0.4, 0.5) is 11.4 Å². The molecule has 0 radical (unpaired) electrons. The zero-order valence-electron chi connectivity index (χ0n) is 17.4. The van der Waals surface area contributed by atoms with Crippen LogP contribution in [-0.2, 0) is 9.59 Å². The lowest BCUT2D eigenvalue weighted by Crippen LogP contribution is -2.51. The van der Waals surface area contributed by atoms with E-state index < -0.39 is 5.97 Å². The van der Waals surface area contributed by atoms with E-state index in [0.717, 1.165) is 25.9 Å². The quantitative estimate of drug-likeness (QED) is 0.760. The number of fused-ring (bicyclic) bond motifs is 1. The molecule has 1 aromatic carbocycles. The Labute approximate surface area is 172 Å². The highest BCUT2D eigenvalue weighted by Gasteiger charge is 2.34. The van der Waals surface area contributed by atoms with E-state index in [4.69, 9.17) is 0 Å². The van der Waals surface area contributed by atoms with Crippen LogP contribution < -0.4 is 9.80 Å². The number of hydrogen-bond donors (Lipinski definition) is 1. The van der Waals surface area contributed by atoms with Crippen molar-refractivity contribution in [3.05, 3.63) is 23.8 Å². The topological polar surface area (TPSA) is 81.2 Å². The molecule has 1 aliphatic heterocycles. The zero-order valence-corrected chi connectivity index (χ0v) is 17.4. The number of likely N-dealkylation sites (N-methyl/N-ethyl adjacent to an activating group) is 1. The smallest absolute Gasteiger partial charge is 0.335 e. The van der Waals surface area contributed by atoms with Crippen molar-refractivity contribution in [1.82, 2.24) is 4.90 Å². The van der Waals surface area contributed by atoms with Gasteiger partial charge in [0.15, 0.2) is 0 Å². The van der Waals surface area contributed by atoms with Crippen LogP contribution in [-0.4, -0.2) is 60.5 Å². The molecule has 1 aromatic rings. The number of hydrogen-bond acceptors (Lipinski definition) is 4. The summed E-state index contributed by atoms with van der Waals surface area (Å²) in [6.45, 7) is 6.25. The van der Waals surface area contributed by atoms with E-state index in [0.29, 0.717) is 23.8 Å². The monoisotopic (exact) mass is 401 g/mol. The van der Waals surface area contributed by atoms with Crippen molar-refractivity contribution in [3.8, 4) is 0 Å². The van der Waals surface area contributed by atoms with Crippen molar-refractivity contribution in [1.29, 1.82) is 0 Å². The van der Waals surface area contributed by atoms with E-state index in [1.807, 2.05) is 18.7 Å². The number of carboxylic acids is 1. The minimum absolute atomic E-state index is 0.0388. The van der Waals surface area contributed by atoms with Crippen LogP contribution in [0.5, 0.6) is 0 Å². The van der Waals surface area contributed by atoms with Crippen LogP contribution in [0.1, 0.15) is 56.3 Å². The molecule has 2 amide bonds. The fourth-order valence-corrected chi connectivity index (χ4v) is 4.32. The summed E-state index contributed by atoms with van der Waals surface area (Å²) in [6.07, 6.45) is 5.84. The van der Waals surface area contributed by atoms with E-state index in [2.05, 4.69) is 0 Å². The molecular weight excluding hydrogens is 370 g/mol. The molecule has 0 saturated heterocycles. The third kappa shape index (κ3) is 4.78. The second-order valence-electron chi connectivity index (χ2n) is 7.96. The Hall–Kier alpha value is -2.41. The third-order valence-corrected chi connectivity index (χ3v) is 6.12. The molecule has 1 saturated carbocycles. The summed E-state index contributed by atoms with van der Waals surface area (Å²) in [6, 6.07) is 4.72. The zero-order chi connectivity index (χ0) is 21.0. The molecule has 0 bridgehead atoms. The molecular formula is C22H31N3O4. The van der Waals surface area contributed by atoms with Gasteiger partial charge in [0, 0.05) is 6.54 Å². The SMILES string of the molecule is CCN(CC)CC(=O)N1CC(=O)N(CC2CCCCC2)c2ccc(C(=O)O)cc21. The number of aromatic carboxylic acids is 1. The van der Waals surface area contributed by atoms with Crippen molar-refractivity contribution >= 4 is 29.2 Å². The fourth-order valence-electron chi connectivity index (χ4n) is 4.32. The Morgan fingerprint density at radius 2 is 1.79 bits per heavy atom. The first-order valence-electron chi connectivity index (χ1n) is 10.6. The van der Waals surface area contributed by atoms with Gasteiger partial charge in [-0.1, -0.05) is 33.1 Å². The normalized spacial score (nSPS) is 17.6. The largest absolute Gasteiger partial charge is 0.478 e. The Balaban J connectivity index is 1.92. The van der Waals surface area contributed by atoms with E-state index in [1.54, 1.807) is 11.0 Å². The average Bonchev–Trinajstić information content (AvgIpc) is 2.73. The van der Waals surface area contributed by atoms with Gasteiger partial charge >= 0.3 is 5.97 Å². The predicted octanol–water partition coefficient (Wildman–Crippen LogP) is 2.99. The molecule has 7 nitrogen and oxygen atoms in total. The first kappa shape index (κ1) is 21.3. The van der Waals surface area contributed by atoms with Gasteiger partial charge in [-0.2, -0.15) is 0 Å². The number of carbonyl (C=O) groups is 3. The Morgan fingerprint density at radius 1 is 1.10 bits per heavy atom. The van der Waals surface area contributed by atoms with Crippen LogP contribution in [0.3, 0.4) is 0 Å². The number of amides is 2. The third-order valence-electron chi connectivity index (χ3n) is 6.12. The predicted molar refractivity (Wildman–Crippen MR) is 112 cm³/mol. The van der Waals surface area contributed by atoms with Crippen molar-refractivity contribution in [2.45, 2.75) is 46.0 Å². The van der Waals surface area contributed by atoms with Gasteiger partial charge in [-0.05, 0) is 50.0 Å².